The van der Waals surface area contributed by atoms with Gasteiger partial charge in [-0.25, -0.2) is 0 Å². The lowest BCUT2D eigenvalue weighted by molar-refractivity contribution is 0.0996. The van der Waals surface area contributed by atoms with Gasteiger partial charge in [0.15, 0.2) is 5.76 Å². The normalized spacial score (nSPS) is 9.78. The molecule has 2 N–H and O–H groups in total. The minimum Gasteiger partial charge on any atom is -0.459 e. The maximum atomic E-state index is 11.7. The maximum Gasteiger partial charge on any atom is 0.291 e. The molecule has 1 heterocycles. The van der Waals surface area contributed by atoms with Crippen molar-refractivity contribution >= 4 is 17.3 Å². The Kier molecular flexibility index (Phi) is 3.81. The molecule has 4 nitrogen and oxygen atoms in total. The van der Waals surface area contributed by atoms with Crippen LogP contribution in [0.1, 0.15) is 10.6 Å². The molecule has 0 saturated carbocycles. The van der Waals surface area contributed by atoms with Gasteiger partial charge in [-0.3, -0.25) is 4.79 Å². The van der Waals surface area contributed by atoms with Gasteiger partial charge < -0.3 is 15.1 Å². The zero-order chi connectivity index (χ0) is 12.8. The molecule has 0 bridgehead atoms. The van der Waals surface area contributed by atoms with Gasteiger partial charge in [0.25, 0.3) is 5.91 Å². The van der Waals surface area contributed by atoms with Gasteiger partial charge in [0.05, 0.1) is 6.26 Å². The third-order valence-corrected chi connectivity index (χ3v) is 2.34. The van der Waals surface area contributed by atoms with Crippen LogP contribution in [-0.2, 0) is 0 Å². The quantitative estimate of drug-likeness (QED) is 0.792. The highest BCUT2D eigenvalue weighted by Crippen LogP contribution is 2.14. The summed E-state index contributed by atoms with van der Waals surface area (Å²) < 4.78 is 5.01. The summed E-state index contributed by atoms with van der Waals surface area (Å²) >= 11 is 0. The Morgan fingerprint density at radius 1 is 1.22 bits per heavy atom. The zero-order valence-corrected chi connectivity index (χ0v) is 9.85. The van der Waals surface area contributed by atoms with Crippen molar-refractivity contribution in [1.29, 1.82) is 0 Å². The topological polar surface area (TPSA) is 54.3 Å². The lowest BCUT2D eigenvalue weighted by Crippen LogP contribution is -2.10. The summed E-state index contributed by atoms with van der Waals surface area (Å²) in [7, 11) is 0. The van der Waals surface area contributed by atoms with Crippen molar-refractivity contribution in [3.05, 3.63) is 61.1 Å². The summed E-state index contributed by atoms with van der Waals surface area (Å²) in [6.45, 7) is 4.34. The molecule has 4 heteroatoms. The molecule has 18 heavy (non-hydrogen) atoms. The summed E-state index contributed by atoms with van der Waals surface area (Å²) in [4.78, 5) is 11.7. The van der Waals surface area contributed by atoms with Crippen molar-refractivity contribution in [3.8, 4) is 0 Å². The summed E-state index contributed by atoms with van der Waals surface area (Å²) in [5.41, 5.74) is 1.70. The van der Waals surface area contributed by atoms with Gasteiger partial charge in [-0.15, -0.1) is 6.58 Å². The van der Waals surface area contributed by atoms with E-state index in [1.54, 1.807) is 18.2 Å². The smallest absolute Gasteiger partial charge is 0.291 e. The van der Waals surface area contributed by atoms with Gasteiger partial charge >= 0.3 is 0 Å². The molecule has 0 radical (unpaired) electrons. The monoisotopic (exact) mass is 242 g/mol. The van der Waals surface area contributed by atoms with Crippen LogP contribution in [0.2, 0.25) is 0 Å². The summed E-state index contributed by atoms with van der Waals surface area (Å²) in [5, 5.41) is 5.90. The van der Waals surface area contributed by atoms with Crippen LogP contribution in [0, 0.1) is 0 Å². The third-order valence-electron chi connectivity index (χ3n) is 2.34. The van der Waals surface area contributed by atoms with E-state index in [4.69, 9.17) is 4.42 Å². The number of nitrogens with one attached hydrogen (secondary N) is 2. The fourth-order valence-corrected chi connectivity index (χ4v) is 1.46. The Bertz CT molecular complexity index is 515. The van der Waals surface area contributed by atoms with E-state index in [1.807, 2.05) is 24.3 Å². The molecule has 2 aromatic rings. The number of rotatable bonds is 5. The van der Waals surface area contributed by atoms with Crippen LogP contribution in [0.3, 0.4) is 0 Å². The molecule has 0 aliphatic heterocycles. The van der Waals surface area contributed by atoms with Gasteiger partial charge in [-0.1, -0.05) is 6.08 Å². The van der Waals surface area contributed by atoms with Crippen LogP contribution >= 0.6 is 0 Å². The summed E-state index contributed by atoms with van der Waals surface area (Å²) in [6.07, 6.45) is 3.25. The van der Waals surface area contributed by atoms with E-state index < -0.39 is 0 Å². The first-order valence-electron chi connectivity index (χ1n) is 5.59. The van der Waals surface area contributed by atoms with Crippen LogP contribution < -0.4 is 10.6 Å². The Hall–Kier alpha value is -2.49. The molecule has 0 fully saturated rings. The van der Waals surface area contributed by atoms with E-state index in [2.05, 4.69) is 17.2 Å². The highest BCUT2D eigenvalue weighted by atomic mass is 16.3. The predicted molar refractivity (Wildman–Crippen MR) is 71.8 cm³/mol. The summed E-state index contributed by atoms with van der Waals surface area (Å²) in [6, 6.07) is 10.7. The second-order valence-electron chi connectivity index (χ2n) is 3.68. The first kappa shape index (κ1) is 12.0. The average Bonchev–Trinajstić information content (AvgIpc) is 2.92. The SMILES string of the molecule is C=CCNc1ccc(NC(=O)c2ccco2)cc1. The molecular weight excluding hydrogens is 228 g/mol. The number of furan rings is 1. The van der Waals surface area contributed by atoms with E-state index in [0.29, 0.717) is 12.3 Å². The second kappa shape index (κ2) is 5.72. The molecule has 1 aromatic carbocycles. The molecule has 1 amide bonds. The molecule has 0 aliphatic rings. The molecular formula is C14H14N2O2. The van der Waals surface area contributed by atoms with Crippen LogP contribution in [0.15, 0.2) is 59.7 Å². The first-order chi connectivity index (χ1) is 8.79. The van der Waals surface area contributed by atoms with E-state index >= 15 is 0 Å². The molecule has 0 atom stereocenters. The number of benzene rings is 1. The zero-order valence-electron chi connectivity index (χ0n) is 9.85. The largest absolute Gasteiger partial charge is 0.459 e. The maximum absolute atomic E-state index is 11.7. The van der Waals surface area contributed by atoms with Crippen molar-refractivity contribution in [2.24, 2.45) is 0 Å². The lowest BCUT2D eigenvalue weighted by atomic mass is 10.2. The number of hydrogen-bond donors (Lipinski definition) is 2. The van der Waals surface area contributed by atoms with Crippen LogP contribution in [0.25, 0.3) is 0 Å². The highest BCUT2D eigenvalue weighted by Gasteiger charge is 2.07. The first-order valence-corrected chi connectivity index (χ1v) is 5.59. The van der Waals surface area contributed by atoms with Crippen LogP contribution in [-0.4, -0.2) is 12.5 Å². The molecule has 0 spiro atoms. The van der Waals surface area contributed by atoms with Gasteiger partial charge in [0.1, 0.15) is 0 Å². The highest BCUT2D eigenvalue weighted by molar-refractivity contribution is 6.02. The number of carbonyl (C=O) groups excluding carboxylic acids is 1. The Morgan fingerprint density at radius 3 is 2.56 bits per heavy atom. The van der Waals surface area contributed by atoms with Crippen molar-refractivity contribution < 1.29 is 9.21 Å². The number of hydrogen-bond acceptors (Lipinski definition) is 3. The standard InChI is InChI=1S/C14H14N2O2/c1-2-9-15-11-5-7-12(8-6-11)16-14(17)13-4-3-10-18-13/h2-8,10,15H,1,9H2,(H,16,17). The minimum absolute atomic E-state index is 0.258. The predicted octanol–water partition coefficient (Wildman–Crippen LogP) is 3.13. The van der Waals surface area contributed by atoms with E-state index in [1.165, 1.54) is 6.26 Å². The Labute approximate surface area is 105 Å². The Balaban J connectivity index is 1.98. The molecule has 1 aromatic heterocycles. The van der Waals surface area contributed by atoms with Crippen molar-refractivity contribution in [2.45, 2.75) is 0 Å². The van der Waals surface area contributed by atoms with Gasteiger partial charge in [-0.2, -0.15) is 0 Å². The molecule has 0 saturated heterocycles. The van der Waals surface area contributed by atoms with E-state index in [9.17, 15) is 4.79 Å². The van der Waals surface area contributed by atoms with Gasteiger partial charge in [0, 0.05) is 17.9 Å². The van der Waals surface area contributed by atoms with Gasteiger partial charge in [0.2, 0.25) is 0 Å². The fraction of sp³-hybridized carbons (Fsp3) is 0.0714. The van der Waals surface area contributed by atoms with E-state index in [-0.39, 0.29) is 5.91 Å². The van der Waals surface area contributed by atoms with Crippen molar-refractivity contribution in [1.82, 2.24) is 0 Å². The minimum atomic E-state index is -0.258. The number of carbonyl (C=O) groups is 1. The molecule has 2 rings (SSSR count). The molecule has 0 aliphatic carbocycles. The fourth-order valence-electron chi connectivity index (χ4n) is 1.46. The summed E-state index contributed by atoms with van der Waals surface area (Å²) in [5.74, 6) is 0.0376. The lowest BCUT2D eigenvalue weighted by Gasteiger charge is -2.06. The Morgan fingerprint density at radius 2 is 1.94 bits per heavy atom. The number of amides is 1. The van der Waals surface area contributed by atoms with Crippen molar-refractivity contribution in [3.63, 3.8) is 0 Å². The molecule has 92 valence electrons. The van der Waals surface area contributed by atoms with Gasteiger partial charge in [-0.05, 0) is 36.4 Å². The third kappa shape index (κ3) is 3.01. The van der Waals surface area contributed by atoms with Crippen molar-refractivity contribution in [2.75, 3.05) is 17.2 Å². The number of anilines is 2. The van der Waals surface area contributed by atoms with E-state index in [0.717, 1.165) is 11.4 Å². The second-order valence-corrected chi connectivity index (χ2v) is 3.68. The van der Waals surface area contributed by atoms with Crippen LogP contribution in [0.4, 0.5) is 11.4 Å². The average molecular weight is 242 g/mol. The van der Waals surface area contributed by atoms with Crippen LogP contribution in [0.5, 0.6) is 0 Å². The molecule has 0 unspecified atom stereocenters.